The van der Waals surface area contributed by atoms with Crippen LogP contribution in [0.3, 0.4) is 0 Å². The van der Waals surface area contributed by atoms with Gasteiger partial charge in [0.05, 0.1) is 12.3 Å². The molecule has 1 aliphatic heterocycles. The number of aromatic nitrogens is 2. The van der Waals surface area contributed by atoms with Gasteiger partial charge >= 0.3 is 5.82 Å². The highest BCUT2D eigenvalue weighted by atomic mass is 16.6. The van der Waals surface area contributed by atoms with Crippen molar-refractivity contribution < 1.29 is 9.66 Å². The van der Waals surface area contributed by atoms with Crippen LogP contribution in [0.25, 0.3) is 5.65 Å². The predicted molar refractivity (Wildman–Crippen MR) is 73.9 cm³/mol. The summed E-state index contributed by atoms with van der Waals surface area (Å²) < 4.78 is 7.01. The molecule has 3 rings (SSSR count). The van der Waals surface area contributed by atoms with Gasteiger partial charge in [-0.25, -0.2) is 0 Å². The van der Waals surface area contributed by atoms with Gasteiger partial charge in [0.2, 0.25) is 11.5 Å². The molecule has 3 heterocycles. The molecule has 20 heavy (non-hydrogen) atoms. The van der Waals surface area contributed by atoms with Crippen molar-refractivity contribution in [2.45, 2.75) is 25.4 Å². The molecule has 0 amide bonds. The van der Waals surface area contributed by atoms with Crippen molar-refractivity contribution in [2.24, 2.45) is 0 Å². The Labute approximate surface area is 115 Å². The minimum Gasteiger partial charge on any atom is -0.378 e. The van der Waals surface area contributed by atoms with Crippen LogP contribution < -0.4 is 5.32 Å². The molecule has 106 valence electrons. The molecule has 2 aromatic heterocycles. The standard InChI is InChI=1S/C13H16N4O3/c18-17(19)13-12(14-7-6-10-4-3-9-20-10)15-11-5-1-2-8-16(11)13/h1-2,5,8,10,14H,3-4,6-7,9H2/t10-/m1/s1. The van der Waals surface area contributed by atoms with Gasteiger partial charge in [-0.1, -0.05) is 6.07 Å². The second kappa shape index (κ2) is 5.46. The molecular weight excluding hydrogens is 260 g/mol. The molecule has 1 saturated heterocycles. The predicted octanol–water partition coefficient (Wildman–Crippen LogP) is 2.22. The Balaban J connectivity index is 1.76. The number of nitrogens with zero attached hydrogens (tertiary/aromatic N) is 3. The van der Waals surface area contributed by atoms with Crippen LogP contribution in [0.4, 0.5) is 11.6 Å². The second-order valence-corrected chi connectivity index (χ2v) is 4.82. The van der Waals surface area contributed by atoms with Crippen LogP contribution in [-0.4, -0.2) is 33.6 Å². The van der Waals surface area contributed by atoms with Gasteiger partial charge < -0.3 is 20.2 Å². The molecule has 2 aromatic rings. The van der Waals surface area contributed by atoms with Crippen LogP contribution in [0.1, 0.15) is 19.3 Å². The number of nitrogens with one attached hydrogen (secondary N) is 1. The van der Waals surface area contributed by atoms with Crippen LogP contribution in [-0.2, 0) is 4.74 Å². The smallest absolute Gasteiger partial charge is 0.372 e. The van der Waals surface area contributed by atoms with E-state index in [9.17, 15) is 10.1 Å². The van der Waals surface area contributed by atoms with Crippen molar-refractivity contribution >= 4 is 17.3 Å². The van der Waals surface area contributed by atoms with Gasteiger partial charge in [0.25, 0.3) is 0 Å². The summed E-state index contributed by atoms with van der Waals surface area (Å²) in [7, 11) is 0. The molecule has 0 bridgehead atoms. The van der Waals surface area contributed by atoms with E-state index in [0.29, 0.717) is 18.0 Å². The van der Waals surface area contributed by atoms with Crippen molar-refractivity contribution in [2.75, 3.05) is 18.5 Å². The summed E-state index contributed by atoms with van der Waals surface area (Å²) in [6.07, 6.45) is 4.91. The zero-order valence-corrected chi connectivity index (χ0v) is 11.0. The van der Waals surface area contributed by atoms with E-state index < -0.39 is 4.92 Å². The largest absolute Gasteiger partial charge is 0.378 e. The fourth-order valence-electron chi connectivity index (χ4n) is 2.50. The molecule has 1 N–H and O–H groups in total. The minimum atomic E-state index is -0.408. The van der Waals surface area contributed by atoms with Crippen molar-refractivity contribution in [3.63, 3.8) is 0 Å². The van der Waals surface area contributed by atoms with Crippen molar-refractivity contribution in [3.8, 4) is 0 Å². The van der Waals surface area contributed by atoms with Crippen LogP contribution in [0.2, 0.25) is 0 Å². The monoisotopic (exact) mass is 276 g/mol. The van der Waals surface area contributed by atoms with Crippen molar-refractivity contribution in [1.29, 1.82) is 0 Å². The summed E-state index contributed by atoms with van der Waals surface area (Å²) in [4.78, 5) is 15.1. The maximum absolute atomic E-state index is 11.2. The van der Waals surface area contributed by atoms with E-state index in [1.54, 1.807) is 18.3 Å². The lowest BCUT2D eigenvalue weighted by molar-refractivity contribution is -0.389. The summed E-state index contributed by atoms with van der Waals surface area (Å²) in [5, 5.41) is 14.3. The number of anilines is 1. The van der Waals surface area contributed by atoms with Gasteiger partial charge in [0.15, 0.2) is 0 Å². The first-order valence-electron chi connectivity index (χ1n) is 6.72. The summed E-state index contributed by atoms with van der Waals surface area (Å²) >= 11 is 0. The first-order chi connectivity index (χ1) is 9.75. The van der Waals surface area contributed by atoms with Gasteiger partial charge in [-0.2, -0.15) is 9.38 Å². The van der Waals surface area contributed by atoms with Crippen LogP contribution >= 0.6 is 0 Å². The summed E-state index contributed by atoms with van der Waals surface area (Å²) in [6, 6.07) is 5.30. The number of ether oxygens (including phenoxy) is 1. The van der Waals surface area contributed by atoms with Gasteiger partial charge in [-0.3, -0.25) is 0 Å². The highest BCUT2D eigenvalue weighted by Gasteiger charge is 2.22. The normalized spacial score (nSPS) is 18.5. The van der Waals surface area contributed by atoms with Crippen LogP contribution in [0.5, 0.6) is 0 Å². The topological polar surface area (TPSA) is 81.7 Å². The highest BCUT2D eigenvalue weighted by molar-refractivity contribution is 5.62. The summed E-state index contributed by atoms with van der Waals surface area (Å²) in [5.41, 5.74) is 0.568. The Hall–Kier alpha value is -2.15. The number of pyridine rings is 1. The molecule has 0 unspecified atom stereocenters. The summed E-state index contributed by atoms with van der Waals surface area (Å²) in [6.45, 7) is 1.44. The van der Waals surface area contributed by atoms with E-state index >= 15 is 0 Å². The number of nitro groups is 1. The molecule has 0 saturated carbocycles. The molecule has 7 heteroatoms. The average molecular weight is 276 g/mol. The first kappa shape index (κ1) is 12.9. The fraction of sp³-hybridized carbons (Fsp3) is 0.462. The molecule has 1 aliphatic rings. The third kappa shape index (κ3) is 2.44. The SMILES string of the molecule is O=[N+]([O-])c1c(NCC[C@H]2CCCO2)nc2ccccn12. The van der Waals surface area contributed by atoms with E-state index in [4.69, 9.17) is 4.74 Å². The van der Waals surface area contributed by atoms with E-state index in [-0.39, 0.29) is 11.9 Å². The Morgan fingerprint density at radius 2 is 2.45 bits per heavy atom. The van der Waals surface area contributed by atoms with Gasteiger partial charge in [0, 0.05) is 19.2 Å². The van der Waals surface area contributed by atoms with E-state index in [1.807, 2.05) is 6.07 Å². The van der Waals surface area contributed by atoms with Crippen LogP contribution in [0.15, 0.2) is 24.4 Å². The number of hydrogen-bond donors (Lipinski definition) is 1. The molecule has 1 atom stereocenters. The van der Waals surface area contributed by atoms with Crippen molar-refractivity contribution in [1.82, 2.24) is 9.38 Å². The highest BCUT2D eigenvalue weighted by Crippen LogP contribution is 2.25. The number of hydrogen-bond acceptors (Lipinski definition) is 5. The number of fused-ring (bicyclic) bond motifs is 1. The lowest BCUT2D eigenvalue weighted by atomic mass is 10.2. The fourth-order valence-corrected chi connectivity index (χ4v) is 2.50. The van der Waals surface area contributed by atoms with Crippen LogP contribution in [0, 0.1) is 10.1 Å². The van der Waals surface area contributed by atoms with Gasteiger partial charge in [0.1, 0.15) is 0 Å². The molecular formula is C13H16N4O3. The number of rotatable bonds is 5. The first-order valence-corrected chi connectivity index (χ1v) is 6.72. The van der Waals surface area contributed by atoms with E-state index in [0.717, 1.165) is 25.9 Å². The maximum Gasteiger partial charge on any atom is 0.372 e. The molecule has 1 fully saturated rings. The molecule has 0 aromatic carbocycles. The number of imidazole rings is 1. The third-order valence-electron chi connectivity index (χ3n) is 3.46. The molecule has 0 radical (unpaired) electrons. The third-order valence-corrected chi connectivity index (χ3v) is 3.46. The quantitative estimate of drug-likeness (QED) is 0.669. The summed E-state index contributed by atoms with van der Waals surface area (Å²) in [5.74, 6) is 0.298. The van der Waals surface area contributed by atoms with E-state index in [2.05, 4.69) is 10.3 Å². The minimum absolute atomic E-state index is 0.0204. The van der Waals surface area contributed by atoms with E-state index in [1.165, 1.54) is 4.40 Å². The van der Waals surface area contributed by atoms with Crippen molar-refractivity contribution in [3.05, 3.63) is 34.5 Å². The molecule has 0 aliphatic carbocycles. The molecule has 0 spiro atoms. The maximum atomic E-state index is 11.2. The van der Waals surface area contributed by atoms with Gasteiger partial charge in [-0.05, 0) is 30.3 Å². The lowest BCUT2D eigenvalue weighted by Crippen LogP contribution is -2.13. The lowest BCUT2D eigenvalue weighted by Gasteiger charge is -2.09. The Morgan fingerprint density at radius 1 is 1.55 bits per heavy atom. The Bertz CT molecular complexity index is 619. The Morgan fingerprint density at radius 3 is 3.20 bits per heavy atom. The zero-order chi connectivity index (χ0) is 13.9. The average Bonchev–Trinajstić information content (AvgIpc) is 3.05. The zero-order valence-electron chi connectivity index (χ0n) is 11.0. The molecule has 7 nitrogen and oxygen atoms in total. The second-order valence-electron chi connectivity index (χ2n) is 4.82. The Kier molecular flexibility index (Phi) is 3.51. The van der Waals surface area contributed by atoms with Gasteiger partial charge in [-0.15, -0.1) is 0 Å².